The van der Waals surface area contributed by atoms with Gasteiger partial charge in [-0.05, 0) is 94.8 Å². The molecule has 1 amide bonds. The zero-order valence-corrected chi connectivity index (χ0v) is 21.0. The number of hydrogen-bond acceptors (Lipinski definition) is 5. The summed E-state index contributed by atoms with van der Waals surface area (Å²) in [6.07, 6.45) is 12.7. The van der Waals surface area contributed by atoms with Crippen molar-refractivity contribution in [2.24, 2.45) is 0 Å². The van der Waals surface area contributed by atoms with E-state index in [-0.39, 0.29) is 18.2 Å². The fourth-order valence-corrected chi connectivity index (χ4v) is 4.56. The van der Waals surface area contributed by atoms with Crippen molar-refractivity contribution in [3.05, 3.63) is 95.3 Å². The van der Waals surface area contributed by atoms with E-state index in [0.717, 1.165) is 53.9 Å². The molecule has 1 aliphatic heterocycles. The first-order valence-electron chi connectivity index (χ1n) is 12.3. The van der Waals surface area contributed by atoms with Crippen LogP contribution in [0.3, 0.4) is 0 Å². The van der Waals surface area contributed by atoms with Gasteiger partial charge in [0, 0.05) is 18.6 Å². The Kier molecular flexibility index (Phi) is 7.59. The van der Waals surface area contributed by atoms with Crippen LogP contribution in [-0.2, 0) is 11.2 Å². The zero-order valence-electron chi connectivity index (χ0n) is 21.0. The lowest BCUT2D eigenvalue weighted by Gasteiger charge is -2.42. The van der Waals surface area contributed by atoms with Gasteiger partial charge in [-0.15, -0.1) is 0 Å². The number of nitrogens with zero attached hydrogens (tertiary/aromatic N) is 4. The molecule has 0 saturated carbocycles. The molecule has 0 spiro atoms. The van der Waals surface area contributed by atoms with Crippen LogP contribution in [0.5, 0.6) is 0 Å². The van der Waals surface area contributed by atoms with Crippen LogP contribution in [0.1, 0.15) is 80.3 Å². The van der Waals surface area contributed by atoms with Crippen molar-refractivity contribution in [2.75, 3.05) is 0 Å². The molecule has 0 radical (unpaired) electrons. The fraction of sp³-hybridized carbons (Fsp3) is 0.379. The number of allylic oxidation sites excluding steroid dienone is 1. The van der Waals surface area contributed by atoms with Crippen LogP contribution in [0.25, 0.3) is 6.08 Å². The molecule has 0 unspecified atom stereocenters. The maximum absolute atomic E-state index is 13.5. The molecule has 182 valence electrons. The van der Waals surface area contributed by atoms with Crippen molar-refractivity contribution in [3.63, 3.8) is 0 Å². The van der Waals surface area contributed by atoms with Gasteiger partial charge in [0.1, 0.15) is 5.60 Å². The van der Waals surface area contributed by atoms with Gasteiger partial charge >= 0.3 is 6.09 Å². The molecule has 6 nitrogen and oxygen atoms in total. The van der Waals surface area contributed by atoms with E-state index in [1.807, 2.05) is 81.3 Å². The third-order valence-electron chi connectivity index (χ3n) is 6.10. The van der Waals surface area contributed by atoms with E-state index >= 15 is 0 Å². The molecule has 0 bridgehead atoms. The van der Waals surface area contributed by atoms with Gasteiger partial charge < -0.3 is 4.74 Å². The summed E-state index contributed by atoms with van der Waals surface area (Å²) in [4.78, 5) is 29.2. The van der Waals surface area contributed by atoms with Gasteiger partial charge in [-0.2, -0.15) is 0 Å². The van der Waals surface area contributed by atoms with Crippen LogP contribution in [0.2, 0.25) is 0 Å². The predicted molar refractivity (Wildman–Crippen MR) is 138 cm³/mol. The third kappa shape index (κ3) is 6.32. The molecule has 4 rings (SSSR count). The van der Waals surface area contributed by atoms with Crippen LogP contribution in [0.4, 0.5) is 4.79 Å². The number of ether oxygens (including phenoxy) is 1. The largest absolute Gasteiger partial charge is 0.444 e. The second-order valence-electron chi connectivity index (χ2n) is 10.0. The van der Waals surface area contributed by atoms with Gasteiger partial charge in [-0.3, -0.25) is 19.9 Å². The Morgan fingerprint density at radius 3 is 2.63 bits per heavy atom. The number of rotatable bonds is 5. The first-order valence-corrected chi connectivity index (χ1v) is 12.3. The standard InChI is InChI=1S/C29H34N4O2/c1-21-10-8-19-31-27(21)26-17-7-16-25(33(26)28(34)35-29(2,3)4)24-15-6-14-23(32-24)13-5-11-22-12-9-18-30-20-22/h5-6,8-10,12-15,18-20,25-26H,7,11,16-17H2,1-4H3/b13-5+/t25-,26+/m1/s1. The van der Waals surface area contributed by atoms with E-state index in [4.69, 9.17) is 9.72 Å². The molecule has 1 saturated heterocycles. The Labute approximate surface area is 208 Å². The van der Waals surface area contributed by atoms with E-state index < -0.39 is 5.60 Å². The molecule has 3 aromatic heterocycles. The number of aryl methyl sites for hydroxylation is 1. The van der Waals surface area contributed by atoms with Gasteiger partial charge in [0.2, 0.25) is 0 Å². The highest BCUT2D eigenvalue weighted by atomic mass is 16.6. The van der Waals surface area contributed by atoms with Gasteiger partial charge in [0.15, 0.2) is 0 Å². The van der Waals surface area contributed by atoms with Crippen LogP contribution in [0.15, 0.2) is 67.1 Å². The Morgan fingerprint density at radius 1 is 1.09 bits per heavy atom. The van der Waals surface area contributed by atoms with Gasteiger partial charge in [-0.25, -0.2) is 4.79 Å². The van der Waals surface area contributed by atoms with Crippen LogP contribution < -0.4 is 0 Å². The first kappa shape index (κ1) is 24.6. The maximum Gasteiger partial charge on any atom is 0.411 e. The number of carbonyl (C=O) groups is 1. The van der Waals surface area contributed by atoms with Crippen molar-refractivity contribution in [3.8, 4) is 0 Å². The Hall–Kier alpha value is -3.54. The first-order chi connectivity index (χ1) is 16.8. The summed E-state index contributed by atoms with van der Waals surface area (Å²) in [6.45, 7) is 7.75. The molecular weight excluding hydrogens is 436 g/mol. The summed E-state index contributed by atoms with van der Waals surface area (Å²) < 4.78 is 5.88. The topological polar surface area (TPSA) is 68.2 Å². The molecule has 4 heterocycles. The van der Waals surface area contributed by atoms with Gasteiger partial charge in [-0.1, -0.05) is 24.3 Å². The SMILES string of the molecule is Cc1cccnc1[C@@H]1CCC[C@H](c2cccc(/C=C/Cc3cccnc3)n2)N1C(=O)OC(C)(C)C. The van der Waals surface area contributed by atoms with E-state index in [1.165, 1.54) is 0 Å². The van der Waals surface area contributed by atoms with E-state index in [9.17, 15) is 4.79 Å². The molecule has 1 fully saturated rings. The lowest BCUT2D eigenvalue weighted by molar-refractivity contribution is -0.00803. The van der Waals surface area contributed by atoms with Crippen molar-refractivity contribution in [1.29, 1.82) is 0 Å². The highest BCUT2D eigenvalue weighted by molar-refractivity contribution is 5.70. The molecule has 6 heteroatoms. The summed E-state index contributed by atoms with van der Waals surface area (Å²) in [5.74, 6) is 0. The van der Waals surface area contributed by atoms with Crippen LogP contribution >= 0.6 is 0 Å². The van der Waals surface area contributed by atoms with Crippen LogP contribution in [0, 0.1) is 6.92 Å². The second kappa shape index (κ2) is 10.8. The van der Waals surface area contributed by atoms with E-state index in [0.29, 0.717) is 0 Å². The van der Waals surface area contributed by atoms with Crippen molar-refractivity contribution in [1.82, 2.24) is 19.9 Å². The number of carbonyl (C=O) groups excluding carboxylic acids is 1. The number of piperidine rings is 1. The molecule has 0 aliphatic carbocycles. The second-order valence-corrected chi connectivity index (χ2v) is 10.0. The highest BCUT2D eigenvalue weighted by Crippen LogP contribution is 2.42. The number of amides is 1. The smallest absolute Gasteiger partial charge is 0.411 e. The summed E-state index contributed by atoms with van der Waals surface area (Å²) in [5.41, 5.74) is 4.30. The van der Waals surface area contributed by atoms with Gasteiger partial charge in [0.25, 0.3) is 0 Å². The summed E-state index contributed by atoms with van der Waals surface area (Å²) >= 11 is 0. The third-order valence-corrected chi connectivity index (χ3v) is 6.10. The van der Waals surface area contributed by atoms with Crippen LogP contribution in [-0.4, -0.2) is 31.5 Å². The van der Waals surface area contributed by atoms with Gasteiger partial charge in [0.05, 0.1) is 29.2 Å². The Bertz CT molecular complexity index is 1170. The average molecular weight is 471 g/mol. The minimum absolute atomic E-state index is 0.156. The van der Waals surface area contributed by atoms with Crippen molar-refractivity contribution < 1.29 is 9.53 Å². The van der Waals surface area contributed by atoms with Crippen molar-refractivity contribution in [2.45, 2.75) is 71.1 Å². The number of likely N-dealkylation sites (tertiary alicyclic amines) is 1. The summed E-state index contributed by atoms with van der Waals surface area (Å²) in [6, 6.07) is 13.6. The molecule has 0 aromatic carbocycles. The minimum Gasteiger partial charge on any atom is -0.444 e. The Morgan fingerprint density at radius 2 is 1.89 bits per heavy atom. The minimum atomic E-state index is -0.590. The normalized spacial score (nSPS) is 18.6. The lowest BCUT2D eigenvalue weighted by atomic mass is 9.90. The predicted octanol–water partition coefficient (Wildman–Crippen LogP) is 6.64. The molecule has 3 aromatic rings. The molecule has 2 atom stereocenters. The zero-order chi connectivity index (χ0) is 24.8. The number of aromatic nitrogens is 3. The quantitative estimate of drug-likeness (QED) is 0.418. The number of hydrogen-bond donors (Lipinski definition) is 0. The Balaban J connectivity index is 1.64. The number of pyridine rings is 3. The molecular formula is C29H34N4O2. The van der Waals surface area contributed by atoms with Crippen molar-refractivity contribution >= 4 is 12.2 Å². The average Bonchev–Trinajstić information content (AvgIpc) is 2.84. The van der Waals surface area contributed by atoms with E-state index in [2.05, 4.69) is 22.1 Å². The molecule has 0 N–H and O–H groups in total. The monoisotopic (exact) mass is 470 g/mol. The summed E-state index contributed by atoms with van der Waals surface area (Å²) in [7, 11) is 0. The summed E-state index contributed by atoms with van der Waals surface area (Å²) in [5, 5.41) is 0. The molecule has 1 aliphatic rings. The van der Waals surface area contributed by atoms with E-state index in [1.54, 1.807) is 12.4 Å². The maximum atomic E-state index is 13.5. The molecule has 35 heavy (non-hydrogen) atoms. The highest BCUT2D eigenvalue weighted by Gasteiger charge is 2.40. The fourth-order valence-electron chi connectivity index (χ4n) is 4.56. The lowest BCUT2D eigenvalue weighted by Crippen LogP contribution is -2.44.